The summed E-state index contributed by atoms with van der Waals surface area (Å²) in [7, 11) is 0. The average Bonchev–Trinajstić information content (AvgIpc) is 2.35. The number of benzene rings is 1. The number of aliphatic hydroxyl groups excluding tert-OH is 1. The lowest BCUT2D eigenvalue weighted by Gasteiger charge is -2.20. The predicted molar refractivity (Wildman–Crippen MR) is 62.6 cm³/mol. The molecule has 2 rings (SSSR count). The second-order valence-corrected chi connectivity index (χ2v) is 4.52. The van der Waals surface area contributed by atoms with E-state index in [-0.39, 0.29) is 5.56 Å². The highest BCUT2D eigenvalue weighted by Crippen LogP contribution is 2.33. The van der Waals surface area contributed by atoms with Gasteiger partial charge in [-0.3, -0.25) is 0 Å². The summed E-state index contributed by atoms with van der Waals surface area (Å²) in [5, 5.41) is 10.1. The Hall–Kier alpha value is -1.22. The number of allylic oxidation sites excluding steroid dienone is 1. The van der Waals surface area contributed by atoms with Gasteiger partial charge in [0, 0.05) is 0 Å². The fourth-order valence-electron chi connectivity index (χ4n) is 2.23. The van der Waals surface area contributed by atoms with Gasteiger partial charge in [0.15, 0.2) is 0 Å². The van der Waals surface area contributed by atoms with Gasteiger partial charge in [0.25, 0.3) is 0 Å². The molecule has 1 unspecified atom stereocenters. The molecule has 1 aromatic rings. The molecule has 0 radical (unpaired) electrons. The molecule has 1 aliphatic rings. The van der Waals surface area contributed by atoms with Crippen LogP contribution in [0.4, 0.5) is 8.78 Å². The molecule has 0 aromatic heterocycles. The van der Waals surface area contributed by atoms with Gasteiger partial charge in [-0.25, -0.2) is 8.78 Å². The van der Waals surface area contributed by atoms with E-state index in [2.05, 4.69) is 0 Å². The third-order valence-corrected chi connectivity index (χ3v) is 3.27. The Morgan fingerprint density at radius 1 is 1.24 bits per heavy atom. The lowest BCUT2D eigenvalue weighted by atomic mass is 9.90. The average molecular weight is 238 g/mol. The van der Waals surface area contributed by atoms with Gasteiger partial charge in [-0.15, -0.1) is 0 Å². The molecule has 3 heteroatoms. The lowest BCUT2D eigenvalue weighted by molar-refractivity contribution is 0.197. The van der Waals surface area contributed by atoms with Crippen LogP contribution in [0.5, 0.6) is 0 Å². The predicted octanol–water partition coefficient (Wildman–Crippen LogP) is 3.81. The van der Waals surface area contributed by atoms with Gasteiger partial charge in [-0.1, -0.05) is 12.1 Å². The van der Waals surface area contributed by atoms with Gasteiger partial charge in [-0.2, -0.15) is 0 Å². The van der Waals surface area contributed by atoms with E-state index < -0.39 is 17.7 Å². The Morgan fingerprint density at radius 2 is 2.00 bits per heavy atom. The summed E-state index contributed by atoms with van der Waals surface area (Å²) in [6.07, 6.45) is 4.40. The van der Waals surface area contributed by atoms with Crippen LogP contribution in [0, 0.1) is 18.6 Å². The van der Waals surface area contributed by atoms with Crippen LogP contribution in [-0.4, -0.2) is 5.11 Å². The summed E-state index contributed by atoms with van der Waals surface area (Å²) in [5.74, 6) is -1.31. The second kappa shape index (κ2) is 4.96. The monoisotopic (exact) mass is 238 g/mol. The summed E-state index contributed by atoms with van der Waals surface area (Å²) in [4.78, 5) is 0. The summed E-state index contributed by atoms with van der Waals surface area (Å²) in [5.41, 5.74) is 0.884. The molecule has 0 amide bonds. The number of hydrogen-bond acceptors (Lipinski definition) is 1. The van der Waals surface area contributed by atoms with Crippen molar-refractivity contribution in [1.29, 1.82) is 0 Å². The first kappa shape index (κ1) is 12.2. The smallest absolute Gasteiger partial charge is 0.135 e. The lowest BCUT2D eigenvalue weighted by Crippen LogP contribution is -2.10. The van der Waals surface area contributed by atoms with Crippen molar-refractivity contribution in [2.45, 2.75) is 38.7 Å². The Labute approximate surface area is 99.8 Å². The van der Waals surface area contributed by atoms with Gasteiger partial charge in [0.2, 0.25) is 0 Å². The third-order valence-electron chi connectivity index (χ3n) is 3.27. The Balaban J connectivity index is 2.39. The number of rotatable bonds is 2. The normalized spacial score (nSPS) is 17.8. The Bertz CT molecular complexity index is 452. The zero-order valence-electron chi connectivity index (χ0n) is 9.84. The molecule has 17 heavy (non-hydrogen) atoms. The summed E-state index contributed by atoms with van der Waals surface area (Å²) < 4.78 is 27.4. The fourth-order valence-corrected chi connectivity index (χ4v) is 2.23. The standard InChI is InChI=1S/C14H16F2O/c1-9-7-8-11(15)12(13(9)16)14(17)10-5-3-2-4-6-10/h5,7-8,14,17H,2-4,6H2,1H3. The maximum absolute atomic E-state index is 13.8. The van der Waals surface area contributed by atoms with Crippen LogP contribution < -0.4 is 0 Å². The SMILES string of the molecule is Cc1ccc(F)c(C(O)C2=CCCCC2)c1F. The maximum Gasteiger partial charge on any atom is 0.135 e. The van der Waals surface area contributed by atoms with Crippen molar-refractivity contribution in [2.24, 2.45) is 0 Å². The molecule has 0 saturated carbocycles. The summed E-state index contributed by atoms with van der Waals surface area (Å²) in [6.45, 7) is 1.57. The second-order valence-electron chi connectivity index (χ2n) is 4.52. The zero-order valence-corrected chi connectivity index (χ0v) is 9.84. The number of hydrogen-bond donors (Lipinski definition) is 1. The van der Waals surface area contributed by atoms with Crippen molar-refractivity contribution in [3.63, 3.8) is 0 Å². The van der Waals surface area contributed by atoms with E-state index in [1.165, 1.54) is 12.1 Å². The molecule has 1 atom stereocenters. The van der Waals surface area contributed by atoms with Gasteiger partial charge >= 0.3 is 0 Å². The van der Waals surface area contributed by atoms with Crippen LogP contribution in [-0.2, 0) is 0 Å². The highest BCUT2D eigenvalue weighted by atomic mass is 19.1. The van der Waals surface area contributed by atoms with Crippen molar-refractivity contribution in [2.75, 3.05) is 0 Å². The maximum atomic E-state index is 13.8. The first-order valence-corrected chi connectivity index (χ1v) is 5.92. The van der Waals surface area contributed by atoms with E-state index in [9.17, 15) is 13.9 Å². The van der Waals surface area contributed by atoms with E-state index in [0.29, 0.717) is 12.0 Å². The molecular weight excluding hydrogens is 222 g/mol. The molecule has 0 heterocycles. The molecule has 1 aliphatic carbocycles. The van der Waals surface area contributed by atoms with Crippen LogP contribution in [0.25, 0.3) is 0 Å². The van der Waals surface area contributed by atoms with E-state index >= 15 is 0 Å². The summed E-state index contributed by atoms with van der Waals surface area (Å²) >= 11 is 0. The molecule has 1 aromatic carbocycles. The van der Waals surface area contributed by atoms with Crippen LogP contribution in [0.3, 0.4) is 0 Å². The van der Waals surface area contributed by atoms with E-state index in [0.717, 1.165) is 24.8 Å². The quantitative estimate of drug-likeness (QED) is 0.777. The Kier molecular flexibility index (Phi) is 3.57. The highest BCUT2D eigenvalue weighted by Gasteiger charge is 2.23. The molecule has 1 nitrogen and oxygen atoms in total. The van der Waals surface area contributed by atoms with E-state index in [1.807, 2.05) is 6.08 Å². The van der Waals surface area contributed by atoms with Crippen LogP contribution in [0.1, 0.15) is 42.9 Å². The molecule has 92 valence electrons. The van der Waals surface area contributed by atoms with Crippen molar-refractivity contribution in [3.05, 3.63) is 46.5 Å². The van der Waals surface area contributed by atoms with Gasteiger partial charge in [0.1, 0.15) is 17.7 Å². The number of aryl methyl sites for hydroxylation is 1. The minimum Gasteiger partial charge on any atom is -0.384 e. The van der Waals surface area contributed by atoms with Gasteiger partial charge in [0.05, 0.1) is 5.56 Å². The zero-order chi connectivity index (χ0) is 12.4. The minimum atomic E-state index is -1.14. The number of halogens is 2. The van der Waals surface area contributed by atoms with Crippen molar-refractivity contribution in [1.82, 2.24) is 0 Å². The molecular formula is C14H16F2O. The Morgan fingerprint density at radius 3 is 2.65 bits per heavy atom. The van der Waals surface area contributed by atoms with Crippen molar-refractivity contribution in [3.8, 4) is 0 Å². The topological polar surface area (TPSA) is 20.2 Å². The molecule has 0 bridgehead atoms. The molecule has 1 N–H and O–H groups in total. The van der Waals surface area contributed by atoms with Crippen LogP contribution >= 0.6 is 0 Å². The molecule has 0 spiro atoms. The molecule has 0 saturated heterocycles. The van der Waals surface area contributed by atoms with E-state index in [4.69, 9.17) is 0 Å². The molecule has 0 fully saturated rings. The first-order valence-electron chi connectivity index (χ1n) is 5.92. The first-order chi connectivity index (χ1) is 8.11. The summed E-state index contributed by atoms with van der Waals surface area (Å²) in [6, 6.07) is 2.59. The molecule has 0 aliphatic heterocycles. The van der Waals surface area contributed by atoms with Gasteiger partial charge in [-0.05, 0) is 49.8 Å². The largest absolute Gasteiger partial charge is 0.384 e. The van der Waals surface area contributed by atoms with Crippen molar-refractivity contribution < 1.29 is 13.9 Å². The number of aliphatic hydroxyl groups is 1. The third kappa shape index (κ3) is 2.39. The van der Waals surface area contributed by atoms with Crippen LogP contribution in [0.15, 0.2) is 23.8 Å². The van der Waals surface area contributed by atoms with Crippen LogP contribution in [0.2, 0.25) is 0 Å². The minimum absolute atomic E-state index is 0.210. The van der Waals surface area contributed by atoms with E-state index in [1.54, 1.807) is 6.92 Å². The van der Waals surface area contributed by atoms with Gasteiger partial charge < -0.3 is 5.11 Å². The fraction of sp³-hybridized carbons (Fsp3) is 0.429. The highest BCUT2D eigenvalue weighted by molar-refractivity contribution is 5.33. The van der Waals surface area contributed by atoms with Crippen molar-refractivity contribution >= 4 is 0 Å².